The first-order chi connectivity index (χ1) is 18.4. The number of amides is 2. The highest BCUT2D eigenvalue weighted by atomic mass is 32.2. The molecule has 39 heavy (non-hydrogen) atoms. The third-order valence-corrected chi connectivity index (χ3v) is 7.58. The van der Waals surface area contributed by atoms with Crippen LogP contribution in [0.25, 0.3) is 0 Å². The number of ether oxygens (including phenoxy) is 2. The van der Waals surface area contributed by atoms with Gasteiger partial charge in [-0.2, -0.15) is 0 Å². The average Bonchev–Trinajstić information content (AvgIpc) is 2.86. The lowest BCUT2D eigenvalue weighted by atomic mass is 10.0. The molecule has 206 valence electrons. The van der Waals surface area contributed by atoms with Crippen LogP contribution in [0.3, 0.4) is 0 Å². The van der Waals surface area contributed by atoms with Crippen LogP contribution in [0, 0.1) is 6.92 Å². The second kappa shape index (κ2) is 11.3. The maximum Gasteiger partial charge on any atom is 0.412 e. The Balaban J connectivity index is 1.60. The summed E-state index contributed by atoms with van der Waals surface area (Å²) < 4.78 is 39.4. The molecule has 10 nitrogen and oxygen atoms in total. The first-order valence-electron chi connectivity index (χ1n) is 12.5. The molecule has 0 radical (unpaired) electrons. The highest BCUT2D eigenvalue weighted by Gasteiger charge is 2.36. The molecule has 2 N–H and O–H groups in total. The van der Waals surface area contributed by atoms with Crippen molar-refractivity contribution in [1.82, 2.24) is 10.3 Å². The van der Waals surface area contributed by atoms with Crippen molar-refractivity contribution in [3.63, 3.8) is 0 Å². The van der Waals surface area contributed by atoms with E-state index in [9.17, 15) is 18.0 Å². The van der Waals surface area contributed by atoms with Crippen LogP contribution >= 0.6 is 0 Å². The molecule has 4 rings (SSSR count). The standard InChI is InChI=1S/C28H32N4O6S/c1-19-9-8-12-23(13-19)39(35,36)32-17-22(31-27(34)38-28(2,3)4)14-24-25(32)15-21(16-29-24)30-26(33)37-18-20-10-6-5-7-11-20/h5-13,15-16,22H,14,17-18H2,1-4H3,(H,30,33)(H,31,34). The Morgan fingerprint density at radius 3 is 2.49 bits per heavy atom. The number of nitrogens with zero attached hydrogens (tertiary/aromatic N) is 2. The second-order valence-corrected chi connectivity index (χ2v) is 12.1. The van der Waals surface area contributed by atoms with Gasteiger partial charge in [0.25, 0.3) is 10.0 Å². The number of aryl methyl sites for hydroxylation is 1. The van der Waals surface area contributed by atoms with Gasteiger partial charge in [-0.25, -0.2) is 18.0 Å². The Morgan fingerprint density at radius 2 is 1.79 bits per heavy atom. The number of nitrogens with one attached hydrogen (secondary N) is 2. The zero-order valence-electron chi connectivity index (χ0n) is 22.3. The Hall–Kier alpha value is -4.12. The molecule has 0 aliphatic carbocycles. The fraction of sp³-hybridized carbons (Fsp3) is 0.321. The van der Waals surface area contributed by atoms with Crippen LogP contribution < -0.4 is 14.9 Å². The zero-order valence-corrected chi connectivity index (χ0v) is 23.1. The summed E-state index contributed by atoms with van der Waals surface area (Å²) in [6, 6.07) is 16.8. The molecule has 0 saturated carbocycles. The Morgan fingerprint density at radius 1 is 1.05 bits per heavy atom. The number of benzene rings is 2. The van der Waals surface area contributed by atoms with Gasteiger partial charge in [-0.15, -0.1) is 0 Å². The fourth-order valence-corrected chi connectivity index (χ4v) is 5.73. The van der Waals surface area contributed by atoms with Crippen LogP contribution in [0.15, 0.2) is 71.8 Å². The van der Waals surface area contributed by atoms with Gasteiger partial charge in [-0.1, -0.05) is 42.5 Å². The van der Waals surface area contributed by atoms with Crippen LogP contribution in [0.4, 0.5) is 21.0 Å². The number of carbonyl (C=O) groups excluding carboxylic acids is 2. The highest BCUT2D eigenvalue weighted by molar-refractivity contribution is 7.92. The van der Waals surface area contributed by atoms with E-state index in [1.165, 1.54) is 16.6 Å². The first-order valence-corrected chi connectivity index (χ1v) is 13.9. The van der Waals surface area contributed by atoms with Crippen molar-refractivity contribution < 1.29 is 27.5 Å². The average molecular weight is 553 g/mol. The number of pyridine rings is 1. The number of rotatable bonds is 6. The summed E-state index contributed by atoms with van der Waals surface area (Å²) in [6.45, 7) is 7.08. The van der Waals surface area contributed by atoms with Crippen molar-refractivity contribution in [3.05, 3.63) is 83.7 Å². The number of hydrogen-bond donors (Lipinski definition) is 2. The minimum Gasteiger partial charge on any atom is -0.444 e. The van der Waals surface area contributed by atoms with E-state index >= 15 is 0 Å². The molecule has 1 unspecified atom stereocenters. The minimum atomic E-state index is -4.04. The number of aromatic nitrogens is 1. The summed E-state index contributed by atoms with van der Waals surface area (Å²) >= 11 is 0. The Bertz CT molecular complexity index is 1450. The Labute approximate surface area is 228 Å². The van der Waals surface area contributed by atoms with Gasteiger partial charge in [0, 0.05) is 6.42 Å². The molecule has 0 saturated heterocycles. The summed E-state index contributed by atoms with van der Waals surface area (Å²) in [4.78, 5) is 29.4. The number of anilines is 2. The lowest BCUT2D eigenvalue weighted by Crippen LogP contribution is -2.51. The van der Waals surface area contributed by atoms with Crippen LogP contribution in [0.5, 0.6) is 0 Å². The van der Waals surface area contributed by atoms with Crippen molar-refractivity contribution in [3.8, 4) is 0 Å². The van der Waals surface area contributed by atoms with Gasteiger partial charge in [0.2, 0.25) is 0 Å². The van der Waals surface area contributed by atoms with Gasteiger partial charge in [0.1, 0.15) is 12.2 Å². The molecule has 0 bridgehead atoms. The number of hydrogen-bond acceptors (Lipinski definition) is 7. The Kier molecular flexibility index (Phi) is 8.10. The lowest BCUT2D eigenvalue weighted by molar-refractivity contribution is 0.0505. The van der Waals surface area contributed by atoms with Gasteiger partial charge >= 0.3 is 12.2 Å². The monoisotopic (exact) mass is 552 g/mol. The van der Waals surface area contributed by atoms with E-state index in [0.29, 0.717) is 11.4 Å². The SMILES string of the molecule is Cc1cccc(S(=O)(=O)N2CC(NC(=O)OC(C)(C)C)Cc3ncc(NC(=O)OCc4ccccc4)cc32)c1. The molecule has 0 fully saturated rings. The molecule has 2 heterocycles. The summed E-state index contributed by atoms with van der Waals surface area (Å²) in [5, 5.41) is 5.38. The lowest BCUT2D eigenvalue weighted by Gasteiger charge is -2.35. The van der Waals surface area contributed by atoms with E-state index in [1.807, 2.05) is 30.3 Å². The summed E-state index contributed by atoms with van der Waals surface area (Å²) in [6.07, 6.45) is 0.348. The number of carbonyl (C=O) groups is 2. The smallest absolute Gasteiger partial charge is 0.412 e. The van der Waals surface area contributed by atoms with Crippen LogP contribution in [-0.4, -0.2) is 43.8 Å². The van der Waals surface area contributed by atoms with Crippen molar-refractivity contribution >= 4 is 33.6 Å². The quantitative estimate of drug-likeness (QED) is 0.450. The molecule has 1 aliphatic rings. The third kappa shape index (κ3) is 7.26. The predicted octanol–water partition coefficient (Wildman–Crippen LogP) is 4.78. The molecule has 1 atom stereocenters. The van der Waals surface area contributed by atoms with E-state index in [0.717, 1.165) is 11.1 Å². The maximum absolute atomic E-state index is 13.8. The molecule has 11 heteroatoms. The van der Waals surface area contributed by atoms with Gasteiger partial charge in [0.05, 0.1) is 40.7 Å². The van der Waals surface area contributed by atoms with Gasteiger partial charge in [-0.05, 0) is 57.0 Å². The zero-order chi connectivity index (χ0) is 28.2. The maximum atomic E-state index is 13.8. The van der Waals surface area contributed by atoms with Crippen molar-refractivity contribution in [1.29, 1.82) is 0 Å². The molecule has 2 aromatic carbocycles. The molecule has 0 spiro atoms. The summed E-state index contributed by atoms with van der Waals surface area (Å²) in [5.74, 6) is 0. The van der Waals surface area contributed by atoms with Crippen molar-refractivity contribution in [2.45, 2.75) is 57.3 Å². The number of fused-ring (bicyclic) bond motifs is 1. The molecular formula is C28H32N4O6S. The van der Waals surface area contributed by atoms with Crippen molar-refractivity contribution in [2.24, 2.45) is 0 Å². The van der Waals surface area contributed by atoms with E-state index in [-0.39, 0.29) is 30.2 Å². The van der Waals surface area contributed by atoms with Gasteiger partial charge < -0.3 is 14.8 Å². The molecule has 1 aromatic heterocycles. The topological polar surface area (TPSA) is 127 Å². The second-order valence-electron chi connectivity index (χ2n) is 10.3. The number of sulfonamides is 1. The fourth-order valence-electron chi connectivity index (χ4n) is 4.10. The highest BCUT2D eigenvalue weighted by Crippen LogP contribution is 2.33. The van der Waals surface area contributed by atoms with Crippen LogP contribution in [-0.2, 0) is 32.5 Å². The largest absolute Gasteiger partial charge is 0.444 e. The van der Waals surface area contributed by atoms with Crippen LogP contribution in [0.1, 0.15) is 37.6 Å². The summed E-state index contributed by atoms with van der Waals surface area (Å²) in [7, 11) is -4.04. The predicted molar refractivity (Wildman–Crippen MR) is 147 cm³/mol. The van der Waals surface area contributed by atoms with E-state index in [1.54, 1.807) is 52.0 Å². The molecule has 3 aromatic rings. The normalized spacial score (nSPS) is 15.2. The van der Waals surface area contributed by atoms with E-state index in [2.05, 4.69) is 15.6 Å². The van der Waals surface area contributed by atoms with Crippen LogP contribution in [0.2, 0.25) is 0 Å². The molecule has 2 amide bonds. The third-order valence-electron chi connectivity index (χ3n) is 5.80. The van der Waals surface area contributed by atoms with Gasteiger partial charge in [-0.3, -0.25) is 14.6 Å². The number of alkyl carbamates (subject to hydrolysis) is 1. The first kappa shape index (κ1) is 27.9. The molecule has 1 aliphatic heterocycles. The summed E-state index contributed by atoms with van der Waals surface area (Å²) in [5.41, 5.74) is 1.93. The minimum absolute atomic E-state index is 0.0495. The van der Waals surface area contributed by atoms with E-state index < -0.39 is 33.9 Å². The van der Waals surface area contributed by atoms with E-state index in [4.69, 9.17) is 9.47 Å². The molecular weight excluding hydrogens is 520 g/mol. The van der Waals surface area contributed by atoms with Gasteiger partial charge in [0.15, 0.2) is 0 Å². The van der Waals surface area contributed by atoms with Crippen molar-refractivity contribution in [2.75, 3.05) is 16.2 Å².